The molecule has 0 spiro atoms. The van der Waals surface area contributed by atoms with Crippen molar-refractivity contribution in [1.82, 2.24) is 4.98 Å². The molecule has 0 fully saturated rings. The fourth-order valence-corrected chi connectivity index (χ4v) is 3.27. The number of thiazole rings is 1. The van der Waals surface area contributed by atoms with Crippen molar-refractivity contribution in [1.29, 1.82) is 0 Å². The highest BCUT2D eigenvalue weighted by Crippen LogP contribution is 2.27. The van der Waals surface area contributed by atoms with Gasteiger partial charge in [0, 0.05) is 22.7 Å². The molecule has 1 N–H and O–H groups in total. The molecule has 0 unspecified atom stereocenters. The standard InChI is InChI=1S/C20H20N2O3S.C2H6/c1-4-19-22-17(12-26-19)13-5-7-14(8-6-13)21-20(23)16-10-9-15(24-2)11-18(16)25-3;1-2/h5-12H,4H2,1-3H3,(H,21,23);1-2H3. The van der Waals surface area contributed by atoms with E-state index in [1.54, 1.807) is 36.6 Å². The average Bonchev–Trinajstić information content (AvgIpc) is 3.24. The van der Waals surface area contributed by atoms with E-state index in [2.05, 4.69) is 22.6 Å². The van der Waals surface area contributed by atoms with E-state index in [1.807, 2.05) is 38.1 Å². The third-order valence-electron chi connectivity index (χ3n) is 3.95. The highest BCUT2D eigenvalue weighted by molar-refractivity contribution is 7.09. The minimum Gasteiger partial charge on any atom is -0.497 e. The summed E-state index contributed by atoms with van der Waals surface area (Å²) in [6.07, 6.45) is 0.933. The van der Waals surface area contributed by atoms with Crippen LogP contribution in [0.2, 0.25) is 0 Å². The molecule has 3 aromatic rings. The summed E-state index contributed by atoms with van der Waals surface area (Å²) >= 11 is 1.66. The molecule has 1 aromatic heterocycles. The van der Waals surface area contributed by atoms with Gasteiger partial charge in [0.05, 0.1) is 30.5 Å². The summed E-state index contributed by atoms with van der Waals surface area (Å²) in [5.41, 5.74) is 3.15. The number of carbonyl (C=O) groups is 1. The molecule has 0 atom stereocenters. The van der Waals surface area contributed by atoms with Gasteiger partial charge >= 0.3 is 0 Å². The Morgan fingerprint density at radius 3 is 2.36 bits per heavy atom. The van der Waals surface area contributed by atoms with Crippen LogP contribution in [0.1, 0.15) is 36.1 Å². The second kappa shape index (κ2) is 10.5. The molecule has 5 nitrogen and oxygen atoms in total. The number of benzene rings is 2. The highest BCUT2D eigenvalue weighted by atomic mass is 32.1. The zero-order valence-electron chi connectivity index (χ0n) is 16.9. The first-order chi connectivity index (χ1) is 13.6. The summed E-state index contributed by atoms with van der Waals surface area (Å²) in [7, 11) is 3.10. The Hall–Kier alpha value is -2.86. The second-order valence-corrected chi connectivity index (χ2v) is 6.52. The number of hydrogen-bond acceptors (Lipinski definition) is 5. The van der Waals surface area contributed by atoms with E-state index in [0.717, 1.165) is 22.7 Å². The molecule has 0 saturated heterocycles. The minimum atomic E-state index is -0.237. The summed E-state index contributed by atoms with van der Waals surface area (Å²) in [4.78, 5) is 17.1. The Bertz CT molecular complexity index is 904. The van der Waals surface area contributed by atoms with Gasteiger partial charge in [-0.25, -0.2) is 4.98 Å². The first-order valence-electron chi connectivity index (χ1n) is 9.22. The monoisotopic (exact) mass is 398 g/mol. The minimum absolute atomic E-state index is 0.237. The maximum atomic E-state index is 12.5. The van der Waals surface area contributed by atoms with Crippen molar-refractivity contribution in [3.8, 4) is 22.8 Å². The Labute approximate surface area is 170 Å². The zero-order chi connectivity index (χ0) is 20.5. The van der Waals surface area contributed by atoms with Crippen LogP contribution in [0.4, 0.5) is 5.69 Å². The number of aryl methyl sites for hydroxylation is 1. The molecule has 0 aliphatic rings. The predicted octanol–water partition coefficient (Wildman–Crippen LogP) is 5.67. The van der Waals surface area contributed by atoms with Crippen molar-refractivity contribution in [2.75, 3.05) is 19.5 Å². The summed E-state index contributed by atoms with van der Waals surface area (Å²) in [5.74, 6) is 0.865. The SMILES string of the molecule is CC.CCc1nc(-c2ccc(NC(=O)c3ccc(OC)cc3OC)cc2)cs1. The van der Waals surface area contributed by atoms with Crippen LogP contribution >= 0.6 is 11.3 Å². The fourth-order valence-electron chi connectivity index (χ4n) is 2.51. The number of hydrogen-bond donors (Lipinski definition) is 1. The summed E-state index contributed by atoms with van der Waals surface area (Å²) in [5, 5.41) is 6.05. The lowest BCUT2D eigenvalue weighted by molar-refractivity contribution is 0.102. The number of amides is 1. The van der Waals surface area contributed by atoms with Gasteiger partial charge in [-0.05, 0) is 30.7 Å². The van der Waals surface area contributed by atoms with Crippen molar-refractivity contribution in [2.45, 2.75) is 27.2 Å². The summed E-state index contributed by atoms with van der Waals surface area (Å²) in [6, 6.07) is 12.7. The molecule has 0 radical (unpaired) electrons. The Morgan fingerprint density at radius 1 is 1.07 bits per heavy atom. The van der Waals surface area contributed by atoms with Gasteiger partial charge in [-0.1, -0.05) is 32.9 Å². The lowest BCUT2D eigenvalue weighted by Gasteiger charge is -2.11. The normalized spacial score (nSPS) is 9.89. The molecule has 148 valence electrons. The molecule has 0 aliphatic heterocycles. The van der Waals surface area contributed by atoms with Gasteiger partial charge in [0.1, 0.15) is 11.5 Å². The molecule has 0 bridgehead atoms. The second-order valence-electron chi connectivity index (χ2n) is 5.58. The van der Waals surface area contributed by atoms with Crippen molar-refractivity contribution in [2.24, 2.45) is 0 Å². The molecule has 6 heteroatoms. The van der Waals surface area contributed by atoms with Crippen LogP contribution < -0.4 is 14.8 Å². The highest BCUT2D eigenvalue weighted by Gasteiger charge is 2.14. The van der Waals surface area contributed by atoms with E-state index in [9.17, 15) is 4.79 Å². The van der Waals surface area contributed by atoms with E-state index < -0.39 is 0 Å². The summed E-state index contributed by atoms with van der Waals surface area (Å²) in [6.45, 7) is 6.09. The number of ether oxygens (including phenoxy) is 2. The molecule has 1 amide bonds. The fraction of sp³-hybridized carbons (Fsp3) is 0.273. The van der Waals surface area contributed by atoms with Crippen LogP contribution in [0.25, 0.3) is 11.3 Å². The summed E-state index contributed by atoms with van der Waals surface area (Å²) < 4.78 is 10.4. The maximum Gasteiger partial charge on any atom is 0.259 e. The molecule has 2 aromatic carbocycles. The number of methoxy groups -OCH3 is 2. The van der Waals surface area contributed by atoms with Crippen molar-refractivity contribution in [3.63, 3.8) is 0 Å². The van der Waals surface area contributed by atoms with E-state index in [1.165, 1.54) is 7.11 Å². The van der Waals surface area contributed by atoms with Gasteiger partial charge in [0.25, 0.3) is 5.91 Å². The number of carbonyl (C=O) groups excluding carboxylic acids is 1. The van der Waals surface area contributed by atoms with Gasteiger partial charge in [-0.3, -0.25) is 4.79 Å². The van der Waals surface area contributed by atoms with Crippen molar-refractivity contribution < 1.29 is 14.3 Å². The molecular weight excluding hydrogens is 372 g/mol. The number of aromatic nitrogens is 1. The third kappa shape index (κ3) is 5.10. The van der Waals surface area contributed by atoms with Crippen LogP contribution in [-0.4, -0.2) is 25.1 Å². The molecule has 28 heavy (non-hydrogen) atoms. The van der Waals surface area contributed by atoms with E-state index in [-0.39, 0.29) is 5.91 Å². The van der Waals surface area contributed by atoms with Crippen LogP contribution in [0.5, 0.6) is 11.5 Å². The maximum absolute atomic E-state index is 12.5. The van der Waals surface area contributed by atoms with E-state index in [0.29, 0.717) is 22.7 Å². The predicted molar refractivity (Wildman–Crippen MR) is 116 cm³/mol. The molecule has 0 aliphatic carbocycles. The molecular formula is C22H26N2O3S. The molecule has 1 heterocycles. The first-order valence-corrected chi connectivity index (χ1v) is 10.1. The van der Waals surface area contributed by atoms with Crippen LogP contribution in [0, 0.1) is 0 Å². The topological polar surface area (TPSA) is 60.5 Å². The van der Waals surface area contributed by atoms with Crippen molar-refractivity contribution >= 4 is 22.9 Å². The van der Waals surface area contributed by atoms with Crippen molar-refractivity contribution in [3.05, 3.63) is 58.4 Å². The average molecular weight is 399 g/mol. The van der Waals surface area contributed by atoms with Gasteiger partial charge in [0.15, 0.2) is 0 Å². The molecule has 0 saturated carbocycles. The van der Waals surface area contributed by atoms with Crippen LogP contribution in [0.15, 0.2) is 47.8 Å². The first kappa shape index (κ1) is 21.4. The number of nitrogens with zero attached hydrogens (tertiary/aromatic N) is 1. The van der Waals surface area contributed by atoms with Gasteiger partial charge in [0.2, 0.25) is 0 Å². The molecule has 3 rings (SSSR count). The van der Waals surface area contributed by atoms with E-state index >= 15 is 0 Å². The van der Waals surface area contributed by atoms with Gasteiger partial charge in [-0.15, -0.1) is 11.3 Å². The quantitative estimate of drug-likeness (QED) is 0.581. The van der Waals surface area contributed by atoms with Gasteiger partial charge in [-0.2, -0.15) is 0 Å². The Kier molecular flexibility index (Phi) is 8.02. The zero-order valence-corrected chi connectivity index (χ0v) is 17.7. The lowest BCUT2D eigenvalue weighted by atomic mass is 10.1. The number of nitrogens with one attached hydrogen (secondary N) is 1. The smallest absolute Gasteiger partial charge is 0.259 e. The van der Waals surface area contributed by atoms with Crippen LogP contribution in [0.3, 0.4) is 0 Å². The largest absolute Gasteiger partial charge is 0.497 e. The Morgan fingerprint density at radius 2 is 1.79 bits per heavy atom. The number of rotatable bonds is 6. The van der Waals surface area contributed by atoms with E-state index in [4.69, 9.17) is 9.47 Å². The number of anilines is 1. The van der Waals surface area contributed by atoms with Crippen LogP contribution in [-0.2, 0) is 6.42 Å². The Balaban J connectivity index is 0.00000136. The van der Waals surface area contributed by atoms with Gasteiger partial charge < -0.3 is 14.8 Å². The third-order valence-corrected chi connectivity index (χ3v) is 4.94. The lowest BCUT2D eigenvalue weighted by Crippen LogP contribution is -2.13.